The summed E-state index contributed by atoms with van der Waals surface area (Å²) in [5, 5.41) is 0. The molecule has 0 bridgehead atoms. The third-order valence-corrected chi connectivity index (χ3v) is 3.44. The average Bonchev–Trinajstić information content (AvgIpc) is 2.99. The molecule has 2 unspecified atom stereocenters. The third kappa shape index (κ3) is 1.34. The van der Waals surface area contributed by atoms with Crippen LogP contribution in [0.3, 0.4) is 0 Å². The fraction of sp³-hybridized carbons (Fsp3) is 0.286. The zero-order chi connectivity index (χ0) is 10.4. The maximum atomic E-state index is 13.9. The summed E-state index contributed by atoms with van der Waals surface area (Å²) in [6.45, 7) is 2.03. The number of rotatable bonds is 1. The molecular weight excluding hydrogens is 187 g/mol. The lowest BCUT2D eigenvalue weighted by Gasteiger charge is -2.13. The second kappa shape index (κ2) is 3.06. The van der Waals surface area contributed by atoms with Gasteiger partial charge in [0.15, 0.2) is 0 Å². The molecule has 0 amide bonds. The summed E-state index contributed by atoms with van der Waals surface area (Å²) in [7, 11) is 0. The van der Waals surface area contributed by atoms with E-state index in [2.05, 4.69) is 0 Å². The number of halogens is 1. The van der Waals surface area contributed by atoms with Gasteiger partial charge in [0.1, 0.15) is 5.83 Å². The molecule has 1 aromatic carbocycles. The van der Waals surface area contributed by atoms with Gasteiger partial charge in [-0.05, 0) is 42.4 Å². The maximum absolute atomic E-state index is 13.9. The molecule has 0 N–H and O–H groups in total. The summed E-state index contributed by atoms with van der Waals surface area (Å²) in [6.07, 6.45) is 2.83. The molecule has 0 aromatic heterocycles. The zero-order valence-electron chi connectivity index (χ0n) is 8.70. The van der Waals surface area contributed by atoms with Crippen molar-refractivity contribution < 1.29 is 4.39 Å². The molecule has 0 spiro atoms. The van der Waals surface area contributed by atoms with Gasteiger partial charge in [-0.15, -0.1) is 0 Å². The monoisotopic (exact) mass is 200 g/mol. The van der Waals surface area contributed by atoms with Gasteiger partial charge in [0.25, 0.3) is 0 Å². The van der Waals surface area contributed by atoms with E-state index in [0.29, 0.717) is 11.8 Å². The van der Waals surface area contributed by atoms with E-state index in [1.165, 1.54) is 5.57 Å². The molecule has 0 heterocycles. The zero-order valence-corrected chi connectivity index (χ0v) is 8.70. The van der Waals surface area contributed by atoms with Gasteiger partial charge in [-0.2, -0.15) is 0 Å². The molecule has 1 heteroatoms. The van der Waals surface area contributed by atoms with E-state index < -0.39 is 0 Å². The number of benzene rings is 1. The first kappa shape index (κ1) is 8.90. The van der Waals surface area contributed by atoms with E-state index in [1.54, 1.807) is 6.08 Å². The van der Waals surface area contributed by atoms with Gasteiger partial charge in [-0.25, -0.2) is 4.39 Å². The predicted molar refractivity (Wildman–Crippen MR) is 59.8 cm³/mol. The normalized spacial score (nSPS) is 28.5. The molecular formula is C14H13F. The molecule has 1 saturated carbocycles. The van der Waals surface area contributed by atoms with Crippen LogP contribution in [-0.2, 0) is 0 Å². The Labute approximate surface area is 89.1 Å². The van der Waals surface area contributed by atoms with Crippen molar-refractivity contribution in [3.8, 4) is 0 Å². The van der Waals surface area contributed by atoms with Crippen molar-refractivity contribution in [3.63, 3.8) is 0 Å². The van der Waals surface area contributed by atoms with Crippen molar-refractivity contribution in [2.75, 3.05) is 0 Å². The summed E-state index contributed by atoms with van der Waals surface area (Å²) in [5.41, 5.74) is 3.18. The van der Waals surface area contributed by atoms with Crippen molar-refractivity contribution in [1.29, 1.82) is 0 Å². The van der Waals surface area contributed by atoms with Gasteiger partial charge >= 0.3 is 0 Å². The molecule has 3 rings (SSSR count). The highest BCUT2D eigenvalue weighted by Crippen LogP contribution is 2.56. The quantitative estimate of drug-likeness (QED) is 0.643. The van der Waals surface area contributed by atoms with E-state index in [0.717, 1.165) is 17.6 Å². The van der Waals surface area contributed by atoms with Crippen molar-refractivity contribution in [2.24, 2.45) is 11.8 Å². The van der Waals surface area contributed by atoms with Crippen molar-refractivity contribution in [2.45, 2.75) is 13.3 Å². The molecule has 0 nitrogen and oxygen atoms in total. The molecule has 1 aromatic rings. The van der Waals surface area contributed by atoms with Crippen LogP contribution in [0, 0.1) is 11.8 Å². The summed E-state index contributed by atoms with van der Waals surface area (Å²) in [6, 6.07) is 9.91. The van der Waals surface area contributed by atoms with Crippen LogP contribution in [0.1, 0.15) is 18.9 Å². The summed E-state index contributed by atoms with van der Waals surface area (Å²) >= 11 is 0. The minimum atomic E-state index is -0.0301. The summed E-state index contributed by atoms with van der Waals surface area (Å²) in [4.78, 5) is 0. The van der Waals surface area contributed by atoms with Crippen LogP contribution in [0.4, 0.5) is 4.39 Å². The minimum absolute atomic E-state index is 0.0301. The van der Waals surface area contributed by atoms with Gasteiger partial charge in [0.2, 0.25) is 0 Å². The molecule has 1 fully saturated rings. The SMILES string of the molecule is CC1=CC(F)=C(c2ccccc2)C2CC12. The Balaban J connectivity index is 2.10. The van der Waals surface area contributed by atoms with Crippen LogP contribution in [0.2, 0.25) is 0 Å². The lowest BCUT2D eigenvalue weighted by molar-refractivity contribution is 0.651. The van der Waals surface area contributed by atoms with E-state index in [-0.39, 0.29) is 5.83 Å². The first-order chi connectivity index (χ1) is 7.27. The topological polar surface area (TPSA) is 0 Å². The fourth-order valence-electron chi connectivity index (χ4n) is 2.55. The molecule has 2 aliphatic carbocycles. The molecule has 0 radical (unpaired) electrons. The first-order valence-corrected chi connectivity index (χ1v) is 5.40. The molecule has 0 aliphatic heterocycles. The summed E-state index contributed by atoms with van der Waals surface area (Å²) in [5.74, 6) is 1.02. The molecule has 0 saturated heterocycles. The van der Waals surface area contributed by atoms with Crippen LogP contribution in [0.15, 0.2) is 47.8 Å². The van der Waals surface area contributed by atoms with E-state index in [1.807, 2.05) is 37.3 Å². The minimum Gasteiger partial charge on any atom is -0.207 e. The summed E-state index contributed by atoms with van der Waals surface area (Å²) < 4.78 is 13.9. The van der Waals surface area contributed by atoms with Crippen LogP contribution in [0.5, 0.6) is 0 Å². The van der Waals surface area contributed by atoms with Crippen LogP contribution < -0.4 is 0 Å². The van der Waals surface area contributed by atoms with Crippen molar-refractivity contribution >= 4 is 5.57 Å². The highest BCUT2D eigenvalue weighted by atomic mass is 19.1. The Morgan fingerprint density at radius 3 is 2.60 bits per heavy atom. The molecule has 2 atom stereocenters. The van der Waals surface area contributed by atoms with Crippen LogP contribution in [-0.4, -0.2) is 0 Å². The Morgan fingerprint density at radius 2 is 1.87 bits per heavy atom. The lowest BCUT2D eigenvalue weighted by atomic mass is 9.93. The van der Waals surface area contributed by atoms with E-state index >= 15 is 0 Å². The number of hydrogen-bond acceptors (Lipinski definition) is 0. The van der Waals surface area contributed by atoms with Gasteiger partial charge in [-0.1, -0.05) is 35.9 Å². The van der Waals surface area contributed by atoms with Gasteiger partial charge in [0, 0.05) is 0 Å². The van der Waals surface area contributed by atoms with Gasteiger partial charge < -0.3 is 0 Å². The van der Waals surface area contributed by atoms with Crippen LogP contribution >= 0.6 is 0 Å². The third-order valence-electron chi connectivity index (χ3n) is 3.44. The Kier molecular flexibility index (Phi) is 1.82. The second-order valence-electron chi connectivity index (χ2n) is 4.46. The number of fused-ring (bicyclic) bond motifs is 1. The van der Waals surface area contributed by atoms with E-state index in [9.17, 15) is 4.39 Å². The Hall–Kier alpha value is -1.37. The highest BCUT2D eigenvalue weighted by Gasteiger charge is 2.44. The van der Waals surface area contributed by atoms with E-state index in [4.69, 9.17) is 0 Å². The number of hydrogen-bond donors (Lipinski definition) is 0. The van der Waals surface area contributed by atoms with Crippen molar-refractivity contribution in [1.82, 2.24) is 0 Å². The number of allylic oxidation sites excluding steroid dienone is 4. The molecule has 2 aliphatic rings. The fourth-order valence-corrected chi connectivity index (χ4v) is 2.55. The maximum Gasteiger partial charge on any atom is 0.127 e. The first-order valence-electron chi connectivity index (χ1n) is 5.40. The predicted octanol–water partition coefficient (Wildman–Crippen LogP) is 3.96. The van der Waals surface area contributed by atoms with Gasteiger partial charge in [-0.3, -0.25) is 0 Å². The standard InChI is InChI=1S/C14H13F/c1-9-7-13(15)14(12-8-11(9)12)10-5-3-2-4-6-10/h2-7,11-12H,8H2,1H3. The van der Waals surface area contributed by atoms with Crippen molar-refractivity contribution in [3.05, 3.63) is 53.4 Å². The Morgan fingerprint density at radius 1 is 1.13 bits per heavy atom. The smallest absolute Gasteiger partial charge is 0.127 e. The lowest BCUT2D eigenvalue weighted by Crippen LogP contribution is -1.98. The Bertz CT molecular complexity index is 453. The second-order valence-corrected chi connectivity index (χ2v) is 4.46. The van der Waals surface area contributed by atoms with Crippen LogP contribution in [0.25, 0.3) is 5.57 Å². The molecule has 15 heavy (non-hydrogen) atoms. The largest absolute Gasteiger partial charge is 0.207 e. The van der Waals surface area contributed by atoms with Gasteiger partial charge in [0.05, 0.1) is 0 Å². The average molecular weight is 200 g/mol. The highest BCUT2D eigenvalue weighted by molar-refractivity contribution is 5.75. The molecule has 76 valence electrons.